The van der Waals surface area contributed by atoms with E-state index in [4.69, 9.17) is 9.97 Å². The highest BCUT2D eigenvalue weighted by molar-refractivity contribution is 7.21. The minimum atomic E-state index is -0.421. The Morgan fingerprint density at radius 3 is 0.788 bits per heavy atom. The molecule has 0 amide bonds. The SMILES string of the molecule is CC1(C)c2ccccc2-c2c(-c3sc(-c4cccc5c4-c4ccccc4C5(C)C)c4nc5c6cc(-c7ccc(-c8cccc9c8-c8ccccc8C98c9ccccc9-c9ccccc98)cc7)ccc6c6ccc(-c7ccc(-c8cccc9c8-c8ccccc8C98c9ccccc9-c9ccccc98)cc7)cc6c5nc34)cccc21. The molecule has 113 heavy (non-hydrogen) atoms. The topological polar surface area (TPSA) is 25.8 Å². The van der Waals surface area contributed by atoms with Gasteiger partial charge in [0, 0.05) is 32.7 Å². The van der Waals surface area contributed by atoms with Crippen LogP contribution in [0.2, 0.25) is 0 Å². The first-order valence-corrected chi connectivity index (χ1v) is 40.6. The number of hydrogen-bond donors (Lipinski definition) is 0. The third-order valence-corrected chi connectivity index (χ3v) is 28.4. The number of hydrogen-bond acceptors (Lipinski definition) is 3. The Kier molecular flexibility index (Phi) is 12.7. The predicted molar refractivity (Wildman–Crippen MR) is 470 cm³/mol. The molecule has 0 bridgehead atoms. The van der Waals surface area contributed by atoms with Crippen molar-refractivity contribution in [3.63, 3.8) is 0 Å². The Morgan fingerprint density at radius 2 is 0.434 bits per heavy atom. The fourth-order valence-electron chi connectivity index (χ4n) is 22.3. The second kappa shape index (κ2) is 22.6. The van der Waals surface area contributed by atoms with E-state index in [0.717, 1.165) is 75.6 Å². The Morgan fingerprint density at radius 1 is 0.186 bits per heavy atom. The van der Waals surface area contributed by atoms with Gasteiger partial charge in [-0.05, 0) is 201 Å². The van der Waals surface area contributed by atoms with Gasteiger partial charge in [0.1, 0.15) is 11.0 Å². The normalized spacial score (nSPS) is 14.8. The molecule has 0 N–H and O–H groups in total. The molecule has 6 aliphatic rings. The van der Waals surface area contributed by atoms with Crippen molar-refractivity contribution in [2.24, 2.45) is 0 Å². The second-order valence-electron chi connectivity index (χ2n) is 33.1. The maximum Gasteiger partial charge on any atom is 0.109 e. The molecular formula is C110H70N2S. The monoisotopic (exact) mass is 1450 g/mol. The lowest BCUT2D eigenvalue weighted by Gasteiger charge is -2.30. The van der Waals surface area contributed by atoms with Gasteiger partial charge in [-0.15, -0.1) is 11.3 Å². The zero-order valence-electron chi connectivity index (χ0n) is 62.8. The number of nitrogens with zero attached hydrogens (tertiary/aromatic N) is 2. The molecule has 2 nitrogen and oxygen atoms in total. The fraction of sp³-hybridized carbons (Fsp3) is 0.0727. The zero-order valence-corrected chi connectivity index (χ0v) is 63.6. The van der Waals surface area contributed by atoms with E-state index in [2.05, 4.69) is 380 Å². The third kappa shape index (κ3) is 8.11. The molecule has 2 spiro atoms. The third-order valence-electron chi connectivity index (χ3n) is 27.2. The molecule has 6 aliphatic carbocycles. The average Bonchev–Trinajstić information content (AvgIpc) is 1.51. The number of thiophene rings is 1. The quantitative estimate of drug-likeness (QED) is 0.155. The van der Waals surface area contributed by atoms with Crippen LogP contribution in [0.25, 0.3) is 176 Å². The van der Waals surface area contributed by atoms with Crippen LogP contribution in [0.3, 0.4) is 0 Å². The molecule has 0 saturated heterocycles. The van der Waals surface area contributed by atoms with E-state index in [1.165, 1.54) is 167 Å². The highest BCUT2D eigenvalue weighted by Crippen LogP contribution is 2.67. The van der Waals surface area contributed by atoms with Gasteiger partial charge in [-0.1, -0.05) is 367 Å². The molecule has 0 fully saturated rings. The Bertz CT molecular complexity index is 6950. The lowest BCUT2D eigenvalue weighted by atomic mass is 9.70. The van der Waals surface area contributed by atoms with E-state index in [-0.39, 0.29) is 10.8 Å². The smallest absolute Gasteiger partial charge is 0.109 e. The van der Waals surface area contributed by atoms with E-state index in [1.807, 2.05) is 11.3 Å². The molecule has 17 aromatic carbocycles. The summed E-state index contributed by atoms with van der Waals surface area (Å²) in [5.74, 6) is 0. The average molecular weight is 1450 g/mol. The van der Waals surface area contributed by atoms with E-state index >= 15 is 0 Å². The standard InChI is InChI=1S/C110H70N2S/c1-107(2)85-37-13-9-29-77(85)99-81(35-23-45-93(99)107)105-103-104(106(113-105)82-36-24-46-94-100(82)78-30-10-14-38-86(78)108(94,3)4)112-102-84-62-68(64-51-55-66(56-52-64)70-34-22-48-96-98(70)80-32-12-20-44-92(80)110(96)89-41-17-7-27-75(89)76-28-8-18-42-90(76)110)58-60-72(84)71-59-57-67(61-83(71)101(102)111-103)63-49-53-65(54-50-63)69-33-21-47-95-97(69)79-31-11-19-43-91(79)109(95)87-39-15-5-25-73(87)74-26-6-16-40-88(74)109/h5-62H,1-4H3. The molecule has 25 rings (SSSR count). The van der Waals surface area contributed by atoms with Crippen LogP contribution in [0.4, 0.5) is 0 Å². The molecule has 526 valence electrons. The number of aromatic nitrogens is 2. The van der Waals surface area contributed by atoms with Crippen LogP contribution in [0.1, 0.15) is 94.5 Å². The first kappa shape index (κ1) is 63.3. The van der Waals surface area contributed by atoms with Gasteiger partial charge in [-0.25, -0.2) is 9.97 Å². The van der Waals surface area contributed by atoms with Crippen LogP contribution in [-0.2, 0) is 21.7 Å². The van der Waals surface area contributed by atoms with Crippen molar-refractivity contribution < 1.29 is 0 Å². The zero-order chi connectivity index (χ0) is 74.5. The number of fused-ring (bicyclic) bond motifs is 33. The van der Waals surface area contributed by atoms with Gasteiger partial charge in [0.05, 0.1) is 31.6 Å². The maximum atomic E-state index is 6.25. The van der Waals surface area contributed by atoms with Crippen LogP contribution in [0, 0.1) is 0 Å². The molecule has 19 aromatic rings. The predicted octanol–water partition coefficient (Wildman–Crippen LogP) is 28.5. The lowest BCUT2D eigenvalue weighted by Crippen LogP contribution is -2.25. The van der Waals surface area contributed by atoms with Gasteiger partial charge in [-0.2, -0.15) is 0 Å². The van der Waals surface area contributed by atoms with Gasteiger partial charge in [0.2, 0.25) is 0 Å². The van der Waals surface area contributed by atoms with Gasteiger partial charge in [0.25, 0.3) is 0 Å². The van der Waals surface area contributed by atoms with E-state index in [1.54, 1.807) is 0 Å². The largest absolute Gasteiger partial charge is 0.242 e. The van der Waals surface area contributed by atoms with Crippen LogP contribution < -0.4 is 0 Å². The van der Waals surface area contributed by atoms with Crippen LogP contribution in [-0.4, -0.2) is 9.97 Å². The van der Waals surface area contributed by atoms with Gasteiger partial charge >= 0.3 is 0 Å². The van der Waals surface area contributed by atoms with Crippen molar-refractivity contribution in [3.8, 4) is 132 Å². The summed E-state index contributed by atoms with van der Waals surface area (Å²) in [5.41, 5.74) is 45.9. The van der Waals surface area contributed by atoms with Gasteiger partial charge in [-0.3, -0.25) is 0 Å². The van der Waals surface area contributed by atoms with Gasteiger partial charge < -0.3 is 0 Å². The fourth-order valence-corrected chi connectivity index (χ4v) is 23.6. The molecule has 0 unspecified atom stereocenters. The first-order valence-electron chi connectivity index (χ1n) is 39.8. The summed E-state index contributed by atoms with van der Waals surface area (Å²) in [4.78, 5) is 14.8. The van der Waals surface area contributed by atoms with Crippen molar-refractivity contribution in [2.45, 2.75) is 49.4 Å². The van der Waals surface area contributed by atoms with Gasteiger partial charge in [0.15, 0.2) is 0 Å². The number of rotatable bonds is 6. The van der Waals surface area contributed by atoms with E-state index < -0.39 is 10.8 Å². The summed E-state index contributed by atoms with van der Waals surface area (Å²) in [5, 5.41) is 4.43. The number of benzene rings is 17. The first-order chi connectivity index (χ1) is 55.6. The summed E-state index contributed by atoms with van der Waals surface area (Å²) in [6, 6.07) is 134. The van der Waals surface area contributed by atoms with E-state index in [0.29, 0.717) is 0 Å². The Balaban J connectivity index is 0.690. The van der Waals surface area contributed by atoms with E-state index in [9.17, 15) is 0 Å². The highest BCUT2D eigenvalue weighted by atomic mass is 32.1. The van der Waals surface area contributed by atoms with Crippen LogP contribution >= 0.6 is 11.3 Å². The van der Waals surface area contributed by atoms with Crippen molar-refractivity contribution in [1.29, 1.82) is 0 Å². The molecule has 2 aromatic heterocycles. The van der Waals surface area contributed by atoms with Crippen molar-refractivity contribution in [2.75, 3.05) is 0 Å². The summed E-state index contributed by atoms with van der Waals surface area (Å²) < 4.78 is 0. The van der Waals surface area contributed by atoms with Crippen molar-refractivity contribution >= 4 is 54.9 Å². The molecule has 3 heteroatoms. The van der Waals surface area contributed by atoms with Crippen LogP contribution in [0.15, 0.2) is 352 Å². The molecule has 2 heterocycles. The molecule has 0 aliphatic heterocycles. The summed E-state index contributed by atoms with van der Waals surface area (Å²) in [6.07, 6.45) is 0. The maximum absolute atomic E-state index is 6.25. The molecular weight excluding hydrogens is 1380 g/mol. The molecule has 0 saturated carbocycles. The summed E-state index contributed by atoms with van der Waals surface area (Å²) >= 11 is 1.86. The Hall–Kier alpha value is -13.4. The minimum Gasteiger partial charge on any atom is -0.242 e. The molecule has 0 atom stereocenters. The Labute approximate surface area is 660 Å². The van der Waals surface area contributed by atoms with Crippen molar-refractivity contribution in [3.05, 3.63) is 419 Å². The minimum absolute atomic E-state index is 0.203. The summed E-state index contributed by atoms with van der Waals surface area (Å²) in [6.45, 7) is 9.55. The molecule has 0 radical (unpaired) electrons. The summed E-state index contributed by atoms with van der Waals surface area (Å²) in [7, 11) is 0. The van der Waals surface area contributed by atoms with Crippen molar-refractivity contribution in [1.82, 2.24) is 9.97 Å². The second-order valence-corrected chi connectivity index (χ2v) is 34.1. The van der Waals surface area contributed by atoms with Crippen LogP contribution in [0.5, 0.6) is 0 Å². The lowest BCUT2D eigenvalue weighted by molar-refractivity contribution is 0.660. The highest BCUT2D eigenvalue weighted by Gasteiger charge is 2.54.